The number of aliphatic hydroxyl groups is 1. The summed E-state index contributed by atoms with van der Waals surface area (Å²) in [5, 5.41) is 8.74. The minimum Gasteiger partial charge on any atom is -0.392 e. The average molecular weight is 157 g/mol. The van der Waals surface area contributed by atoms with Crippen molar-refractivity contribution in [3.05, 3.63) is 29.8 Å². The summed E-state index contributed by atoms with van der Waals surface area (Å²) in [6.07, 6.45) is -2.00. The standard InChI is InChI=1S/C8H10OS/c1-10-8-4-2-7(6-9)3-5-8/h2-5,9H,6H2,1H3/i1D3. The monoisotopic (exact) mass is 157 g/mol. The fourth-order valence-corrected chi connectivity index (χ4v) is 0.935. The van der Waals surface area contributed by atoms with Gasteiger partial charge >= 0.3 is 0 Å². The van der Waals surface area contributed by atoms with Crippen LogP contribution in [0.25, 0.3) is 0 Å². The van der Waals surface area contributed by atoms with Crippen molar-refractivity contribution in [2.45, 2.75) is 11.5 Å². The van der Waals surface area contributed by atoms with Crippen LogP contribution in [0, 0.1) is 0 Å². The summed E-state index contributed by atoms with van der Waals surface area (Å²) in [5.74, 6) is 0. The summed E-state index contributed by atoms with van der Waals surface area (Å²) < 4.78 is 21.0. The fraction of sp³-hybridized carbons (Fsp3) is 0.250. The third-order valence-corrected chi connectivity index (χ3v) is 1.73. The Kier molecular flexibility index (Phi) is 1.61. The molecule has 1 rings (SSSR count). The Morgan fingerprint density at radius 2 is 2.20 bits per heavy atom. The molecule has 0 fully saturated rings. The summed E-state index contributed by atoms with van der Waals surface area (Å²) >= 11 is 0.838. The summed E-state index contributed by atoms with van der Waals surface area (Å²) in [4.78, 5) is 0.692. The van der Waals surface area contributed by atoms with Crippen LogP contribution in [0.5, 0.6) is 0 Å². The highest BCUT2D eigenvalue weighted by Gasteiger charge is 1.89. The van der Waals surface area contributed by atoms with Gasteiger partial charge in [0.1, 0.15) is 0 Å². The van der Waals surface area contributed by atoms with E-state index in [0.717, 1.165) is 17.3 Å². The first-order valence-corrected chi connectivity index (χ1v) is 3.72. The summed E-state index contributed by atoms with van der Waals surface area (Å²) in [7, 11) is 0. The Labute approximate surface area is 69.3 Å². The van der Waals surface area contributed by atoms with Gasteiger partial charge in [0, 0.05) is 9.01 Å². The van der Waals surface area contributed by atoms with Crippen LogP contribution in [-0.4, -0.2) is 11.3 Å². The van der Waals surface area contributed by atoms with Crippen LogP contribution in [0.15, 0.2) is 29.2 Å². The lowest BCUT2D eigenvalue weighted by Crippen LogP contribution is -1.80. The van der Waals surface area contributed by atoms with Gasteiger partial charge in [-0.15, -0.1) is 11.8 Å². The number of aliphatic hydroxyl groups excluding tert-OH is 1. The Morgan fingerprint density at radius 3 is 2.70 bits per heavy atom. The lowest BCUT2D eigenvalue weighted by molar-refractivity contribution is 0.282. The number of hydrogen-bond acceptors (Lipinski definition) is 2. The molecule has 0 atom stereocenters. The molecule has 0 heterocycles. The molecule has 0 aromatic heterocycles. The first kappa shape index (κ1) is 4.42. The zero-order valence-electron chi connectivity index (χ0n) is 8.37. The smallest absolute Gasteiger partial charge is 0.0681 e. The Hall–Kier alpha value is -0.470. The molecule has 0 saturated carbocycles. The molecular formula is C8H10OS. The Morgan fingerprint density at radius 1 is 1.50 bits per heavy atom. The maximum absolute atomic E-state index is 8.74. The lowest BCUT2D eigenvalue weighted by Gasteiger charge is -1.96. The van der Waals surface area contributed by atoms with E-state index in [0.29, 0.717) is 4.90 Å². The summed E-state index contributed by atoms with van der Waals surface area (Å²) in [6.45, 7) is -0.0152. The zero-order valence-corrected chi connectivity index (χ0v) is 6.19. The van der Waals surface area contributed by atoms with Crippen molar-refractivity contribution in [2.24, 2.45) is 0 Å². The quantitative estimate of drug-likeness (QED) is 0.662. The second-order valence-corrected chi connectivity index (χ2v) is 2.58. The molecule has 0 amide bonds. The highest BCUT2D eigenvalue weighted by molar-refractivity contribution is 7.98. The second kappa shape index (κ2) is 3.64. The second-order valence-electron chi connectivity index (χ2n) is 1.90. The first-order valence-electron chi connectivity index (χ1n) is 4.40. The molecule has 10 heavy (non-hydrogen) atoms. The molecule has 1 aromatic rings. The molecule has 0 aliphatic rings. The average Bonchev–Trinajstić information content (AvgIpc) is 2.03. The van der Waals surface area contributed by atoms with Gasteiger partial charge in [-0.3, -0.25) is 0 Å². The molecule has 1 nitrogen and oxygen atoms in total. The van der Waals surface area contributed by atoms with Gasteiger partial charge in [-0.1, -0.05) is 12.1 Å². The molecule has 0 saturated heterocycles. The highest BCUT2D eigenvalue weighted by atomic mass is 32.2. The predicted octanol–water partition coefficient (Wildman–Crippen LogP) is 1.90. The van der Waals surface area contributed by atoms with Crippen molar-refractivity contribution in [2.75, 3.05) is 6.18 Å². The van der Waals surface area contributed by atoms with E-state index in [9.17, 15) is 0 Å². The third kappa shape index (κ3) is 1.75. The van der Waals surface area contributed by atoms with Gasteiger partial charge in [-0.05, 0) is 23.9 Å². The van der Waals surface area contributed by atoms with Gasteiger partial charge in [0.25, 0.3) is 0 Å². The van der Waals surface area contributed by atoms with Gasteiger partial charge in [-0.25, -0.2) is 0 Å². The van der Waals surface area contributed by atoms with Crippen LogP contribution in [0.1, 0.15) is 9.68 Å². The van der Waals surface area contributed by atoms with Gasteiger partial charge < -0.3 is 5.11 Å². The number of rotatable bonds is 2. The van der Waals surface area contributed by atoms with E-state index in [1.54, 1.807) is 24.3 Å². The van der Waals surface area contributed by atoms with Crippen molar-refractivity contribution >= 4 is 11.8 Å². The minimum absolute atomic E-state index is 0.0152. The van der Waals surface area contributed by atoms with Crippen LogP contribution in [-0.2, 0) is 6.61 Å². The Bertz CT molecular complexity index is 268. The molecule has 0 unspecified atom stereocenters. The lowest BCUT2D eigenvalue weighted by atomic mass is 10.2. The third-order valence-electron chi connectivity index (χ3n) is 1.22. The summed E-state index contributed by atoms with van der Waals surface area (Å²) in [5.41, 5.74) is 0.787. The van der Waals surface area contributed by atoms with Gasteiger partial charge in [0.15, 0.2) is 0 Å². The fourth-order valence-electron chi connectivity index (χ4n) is 0.663. The molecule has 0 spiro atoms. The minimum atomic E-state index is -2.00. The molecule has 0 radical (unpaired) electrons. The number of thioether (sulfide) groups is 1. The van der Waals surface area contributed by atoms with Gasteiger partial charge in [-0.2, -0.15) is 0 Å². The van der Waals surface area contributed by atoms with Gasteiger partial charge in [0.05, 0.1) is 6.61 Å². The Balaban J connectivity index is 2.70. The molecule has 0 aliphatic heterocycles. The molecular weight excluding hydrogens is 144 g/mol. The van der Waals surface area contributed by atoms with Gasteiger partial charge in [0.2, 0.25) is 0 Å². The van der Waals surface area contributed by atoms with E-state index in [-0.39, 0.29) is 6.61 Å². The molecule has 1 N–H and O–H groups in total. The normalized spacial score (nSPS) is 15.5. The van der Waals surface area contributed by atoms with E-state index in [2.05, 4.69) is 0 Å². The van der Waals surface area contributed by atoms with Crippen molar-refractivity contribution in [1.82, 2.24) is 0 Å². The maximum Gasteiger partial charge on any atom is 0.0681 e. The summed E-state index contributed by atoms with van der Waals surface area (Å²) in [6, 6.07) is 6.83. The SMILES string of the molecule is [2H]C([2H])([2H])Sc1ccc(CO)cc1. The van der Waals surface area contributed by atoms with Crippen molar-refractivity contribution in [1.29, 1.82) is 0 Å². The maximum atomic E-state index is 8.74. The van der Waals surface area contributed by atoms with E-state index in [1.165, 1.54) is 0 Å². The number of hydrogen-bond donors (Lipinski definition) is 1. The van der Waals surface area contributed by atoms with Crippen molar-refractivity contribution in [3.63, 3.8) is 0 Å². The molecule has 0 aliphatic carbocycles. The predicted molar refractivity (Wildman–Crippen MR) is 44.1 cm³/mol. The van der Waals surface area contributed by atoms with Crippen molar-refractivity contribution in [3.8, 4) is 0 Å². The van der Waals surface area contributed by atoms with E-state index >= 15 is 0 Å². The first-order chi connectivity index (χ1) is 6.01. The van der Waals surface area contributed by atoms with Crippen LogP contribution in [0.2, 0.25) is 0 Å². The van der Waals surface area contributed by atoms with Crippen LogP contribution < -0.4 is 0 Å². The largest absolute Gasteiger partial charge is 0.392 e. The topological polar surface area (TPSA) is 20.2 Å². The molecule has 1 aromatic carbocycles. The molecule has 0 bridgehead atoms. The van der Waals surface area contributed by atoms with Crippen LogP contribution >= 0.6 is 11.8 Å². The van der Waals surface area contributed by atoms with E-state index in [4.69, 9.17) is 9.22 Å². The van der Waals surface area contributed by atoms with E-state index in [1.807, 2.05) is 0 Å². The van der Waals surface area contributed by atoms with E-state index < -0.39 is 6.18 Å². The highest BCUT2D eigenvalue weighted by Crippen LogP contribution is 2.14. The molecule has 2 heteroatoms. The number of benzene rings is 1. The zero-order chi connectivity index (χ0) is 9.90. The van der Waals surface area contributed by atoms with Crippen LogP contribution in [0.4, 0.5) is 0 Å². The van der Waals surface area contributed by atoms with Crippen LogP contribution in [0.3, 0.4) is 0 Å². The molecule has 54 valence electrons. The van der Waals surface area contributed by atoms with Crippen molar-refractivity contribution < 1.29 is 9.22 Å².